The fourth-order valence-corrected chi connectivity index (χ4v) is 3.14. The van der Waals surface area contributed by atoms with Gasteiger partial charge in [0.15, 0.2) is 0 Å². The molecule has 1 aliphatic rings. The molecule has 1 aliphatic carbocycles. The van der Waals surface area contributed by atoms with Gasteiger partial charge in [0.1, 0.15) is 0 Å². The van der Waals surface area contributed by atoms with Crippen LogP contribution in [0.5, 0.6) is 0 Å². The monoisotopic (exact) mass is 407 g/mol. The van der Waals surface area contributed by atoms with Crippen molar-refractivity contribution >= 4 is 44.4 Å². The molecule has 92 valence electrons. The zero-order valence-electron chi connectivity index (χ0n) is 9.51. The van der Waals surface area contributed by atoms with Crippen molar-refractivity contribution in [3.05, 3.63) is 31.8 Å². The third-order valence-corrected chi connectivity index (χ3v) is 4.62. The number of benzene rings is 1. The number of rotatable bonds is 3. The Morgan fingerprint density at radius 2 is 2.12 bits per heavy atom. The highest BCUT2D eigenvalue weighted by molar-refractivity contribution is 14.1. The highest BCUT2D eigenvalue weighted by atomic mass is 127. The van der Waals surface area contributed by atoms with Crippen LogP contribution in [-0.2, 0) is 11.2 Å². The molecular weight excluding hydrogens is 393 g/mol. The summed E-state index contributed by atoms with van der Waals surface area (Å²) < 4.78 is 2.17. The van der Waals surface area contributed by atoms with Gasteiger partial charge in [-0.05, 0) is 59.2 Å². The summed E-state index contributed by atoms with van der Waals surface area (Å²) in [4.78, 5) is 11.9. The van der Waals surface area contributed by atoms with E-state index in [4.69, 9.17) is 0 Å². The van der Waals surface area contributed by atoms with Gasteiger partial charge in [-0.15, -0.1) is 0 Å². The van der Waals surface area contributed by atoms with E-state index >= 15 is 0 Å². The van der Waals surface area contributed by atoms with Gasteiger partial charge in [0, 0.05) is 14.1 Å². The first-order valence-electron chi connectivity index (χ1n) is 5.88. The number of amides is 1. The van der Waals surface area contributed by atoms with Gasteiger partial charge >= 0.3 is 0 Å². The molecule has 1 fully saturated rings. The van der Waals surface area contributed by atoms with E-state index in [-0.39, 0.29) is 5.91 Å². The average molecular weight is 408 g/mol. The van der Waals surface area contributed by atoms with Crippen LogP contribution in [0.2, 0.25) is 0 Å². The van der Waals surface area contributed by atoms with Crippen LogP contribution in [0.3, 0.4) is 0 Å². The minimum absolute atomic E-state index is 0.146. The quantitative estimate of drug-likeness (QED) is 0.761. The summed E-state index contributed by atoms with van der Waals surface area (Å²) in [5.74, 6) is 0.146. The maximum atomic E-state index is 11.9. The van der Waals surface area contributed by atoms with E-state index < -0.39 is 0 Å². The lowest BCUT2D eigenvalue weighted by Crippen LogP contribution is -2.33. The molecule has 0 aromatic heterocycles. The van der Waals surface area contributed by atoms with Crippen molar-refractivity contribution in [3.63, 3.8) is 0 Å². The summed E-state index contributed by atoms with van der Waals surface area (Å²) in [6.07, 6.45) is 5.26. The molecule has 0 bridgehead atoms. The van der Waals surface area contributed by atoms with E-state index in [1.807, 2.05) is 18.2 Å². The van der Waals surface area contributed by atoms with Crippen molar-refractivity contribution in [3.8, 4) is 0 Å². The fourth-order valence-electron chi connectivity index (χ4n) is 2.20. The first-order valence-corrected chi connectivity index (χ1v) is 7.75. The lowest BCUT2D eigenvalue weighted by molar-refractivity contribution is -0.121. The smallest absolute Gasteiger partial charge is 0.224 e. The molecule has 1 aromatic carbocycles. The number of nitrogens with one attached hydrogen (secondary N) is 1. The number of halogens is 2. The third-order valence-electron chi connectivity index (χ3n) is 3.08. The molecule has 0 spiro atoms. The van der Waals surface area contributed by atoms with E-state index in [0.29, 0.717) is 12.5 Å². The summed E-state index contributed by atoms with van der Waals surface area (Å²) in [6.45, 7) is 0. The number of carbonyl (C=O) groups excluding carboxylic acids is 1. The molecule has 2 rings (SSSR count). The van der Waals surface area contributed by atoms with Crippen LogP contribution in [0.25, 0.3) is 0 Å². The standard InChI is InChI=1S/C13H15BrINO/c14-10-5-6-12(15)9(7-10)8-13(17)16-11-3-1-2-4-11/h5-7,11H,1-4,8H2,(H,16,17). The largest absolute Gasteiger partial charge is 0.353 e. The molecular formula is C13H15BrINO. The van der Waals surface area contributed by atoms with E-state index in [1.165, 1.54) is 12.8 Å². The van der Waals surface area contributed by atoms with E-state index in [1.54, 1.807) is 0 Å². The van der Waals surface area contributed by atoms with Gasteiger partial charge in [-0.3, -0.25) is 4.79 Å². The zero-order chi connectivity index (χ0) is 12.3. The summed E-state index contributed by atoms with van der Waals surface area (Å²) in [5, 5.41) is 3.12. The van der Waals surface area contributed by atoms with E-state index in [0.717, 1.165) is 26.4 Å². The van der Waals surface area contributed by atoms with Gasteiger partial charge < -0.3 is 5.32 Å². The average Bonchev–Trinajstić information content (AvgIpc) is 2.76. The lowest BCUT2D eigenvalue weighted by Gasteiger charge is -2.12. The van der Waals surface area contributed by atoms with E-state index in [2.05, 4.69) is 43.8 Å². The Kier molecular flexibility index (Phi) is 4.85. The summed E-state index contributed by atoms with van der Waals surface area (Å²) in [7, 11) is 0. The van der Waals surface area contributed by atoms with Gasteiger partial charge in [0.05, 0.1) is 6.42 Å². The molecule has 0 aliphatic heterocycles. The van der Waals surface area contributed by atoms with E-state index in [9.17, 15) is 4.79 Å². The van der Waals surface area contributed by atoms with Crippen LogP contribution in [0.15, 0.2) is 22.7 Å². The Balaban J connectivity index is 1.95. The van der Waals surface area contributed by atoms with Crippen molar-refractivity contribution in [1.82, 2.24) is 5.32 Å². The molecule has 0 atom stereocenters. The second kappa shape index (κ2) is 6.18. The molecule has 0 unspecified atom stereocenters. The topological polar surface area (TPSA) is 29.1 Å². The third kappa shape index (κ3) is 3.95. The van der Waals surface area contributed by atoms with Crippen LogP contribution in [0.4, 0.5) is 0 Å². The Morgan fingerprint density at radius 3 is 2.82 bits per heavy atom. The van der Waals surface area contributed by atoms with Crippen LogP contribution in [0.1, 0.15) is 31.2 Å². The van der Waals surface area contributed by atoms with Gasteiger partial charge in [0.25, 0.3) is 0 Å². The molecule has 0 radical (unpaired) electrons. The molecule has 0 heterocycles. The molecule has 17 heavy (non-hydrogen) atoms. The maximum Gasteiger partial charge on any atom is 0.224 e. The SMILES string of the molecule is O=C(Cc1cc(Br)ccc1I)NC1CCCC1. The molecule has 4 heteroatoms. The second-order valence-electron chi connectivity index (χ2n) is 4.46. The molecule has 1 N–H and O–H groups in total. The predicted molar refractivity (Wildman–Crippen MR) is 81.0 cm³/mol. The van der Waals surface area contributed by atoms with Crippen molar-refractivity contribution in [2.45, 2.75) is 38.1 Å². The summed E-state index contributed by atoms with van der Waals surface area (Å²) in [6, 6.07) is 6.46. The Morgan fingerprint density at radius 1 is 1.41 bits per heavy atom. The normalized spacial score (nSPS) is 16.1. The zero-order valence-corrected chi connectivity index (χ0v) is 13.3. The Bertz CT molecular complexity index is 416. The Hall–Kier alpha value is -0.100. The minimum Gasteiger partial charge on any atom is -0.353 e. The maximum absolute atomic E-state index is 11.9. The van der Waals surface area contributed by atoms with Crippen LogP contribution >= 0.6 is 38.5 Å². The van der Waals surface area contributed by atoms with Crippen LogP contribution in [-0.4, -0.2) is 11.9 Å². The van der Waals surface area contributed by atoms with Crippen LogP contribution in [0, 0.1) is 3.57 Å². The number of hydrogen-bond donors (Lipinski definition) is 1. The lowest BCUT2D eigenvalue weighted by atomic mass is 10.1. The highest BCUT2D eigenvalue weighted by Gasteiger charge is 2.17. The summed E-state index contributed by atoms with van der Waals surface area (Å²) in [5.41, 5.74) is 1.09. The Labute approximate surface area is 124 Å². The van der Waals surface area contributed by atoms with Crippen molar-refractivity contribution in [2.24, 2.45) is 0 Å². The molecule has 2 nitrogen and oxygen atoms in total. The minimum atomic E-state index is 0.146. The van der Waals surface area contributed by atoms with Crippen molar-refractivity contribution in [2.75, 3.05) is 0 Å². The van der Waals surface area contributed by atoms with Gasteiger partial charge in [-0.2, -0.15) is 0 Å². The second-order valence-corrected chi connectivity index (χ2v) is 6.54. The molecule has 1 amide bonds. The van der Waals surface area contributed by atoms with Gasteiger partial charge in [-0.1, -0.05) is 28.8 Å². The number of hydrogen-bond acceptors (Lipinski definition) is 1. The van der Waals surface area contributed by atoms with Gasteiger partial charge in [-0.25, -0.2) is 0 Å². The highest BCUT2D eigenvalue weighted by Crippen LogP contribution is 2.20. The molecule has 1 saturated carbocycles. The predicted octanol–water partition coefficient (Wildman–Crippen LogP) is 3.66. The number of carbonyl (C=O) groups is 1. The fraction of sp³-hybridized carbons (Fsp3) is 0.462. The van der Waals surface area contributed by atoms with Gasteiger partial charge in [0.2, 0.25) is 5.91 Å². The van der Waals surface area contributed by atoms with Crippen molar-refractivity contribution < 1.29 is 4.79 Å². The molecule has 0 saturated heterocycles. The first-order chi connectivity index (χ1) is 8.15. The van der Waals surface area contributed by atoms with Crippen molar-refractivity contribution in [1.29, 1.82) is 0 Å². The first kappa shape index (κ1) is 13.3. The molecule has 1 aromatic rings. The van der Waals surface area contributed by atoms with Crippen LogP contribution < -0.4 is 5.32 Å². The summed E-state index contributed by atoms with van der Waals surface area (Å²) >= 11 is 5.71.